The van der Waals surface area contributed by atoms with Crippen LogP contribution in [0.5, 0.6) is 5.75 Å². The average Bonchev–Trinajstić information content (AvgIpc) is 2.28. The third kappa shape index (κ3) is 3.76. The number of hydrogen-bond acceptors (Lipinski definition) is 3. The summed E-state index contributed by atoms with van der Waals surface area (Å²) in [5.41, 5.74) is 0.890. The van der Waals surface area contributed by atoms with Crippen LogP contribution in [0.25, 0.3) is 6.08 Å². The summed E-state index contributed by atoms with van der Waals surface area (Å²) in [6.07, 6.45) is 1.55. The number of ether oxygens (including phenoxy) is 1. The largest absolute Gasteiger partial charge is 0.496 e. The highest BCUT2D eigenvalue weighted by molar-refractivity contribution is 6.30. The van der Waals surface area contributed by atoms with Crippen LogP contribution < -0.4 is 10.1 Å². The van der Waals surface area contributed by atoms with Gasteiger partial charge in [0.2, 0.25) is 0 Å². The number of rotatable bonds is 5. The minimum Gasteiger partial charge on any atom is -0.496 e. The molecule has 0 radical (unpaired) electrons. The summed E-state index contributed by atoms with van der Waals surface area (Å²) in [5.74, 6) is -0.384. The Bertz CT molecular complexity index is 443. The molecule has 0 bridgehead atoms. The van der Waals surface area contributed by atoms with Crippen LogP contribution in [-0.2, 0) is 4.79 Å². The van der Waals surface area contributed by atoms with E-state index < -0.39 is 5.97 Å². The van der Waals surface area contributed by atoms with E-state index >= 15 is 0 Å². The fourth-order valence-electron chi connectivity index (χ4n) is 1.38. The van der Waals surface area contributed by atoms with Gasteiger partial charge in [-0.2, -0.15) is 0 Å². The van der Waals surface area contributed by atoms with Crippen molar-refractivity contribution in [3.05, 3.63) is 34.4 Å². The minimum absolute atomic E-state index is 0.244. The second kappa shape index (κ2) is 6.27. The van der Waals surface area contributed by atoms with Crippen molar-refractivity contribution in [3.63, 3.8) is 0 Å². The average molecular weight is 256 g/mol. The highest BCUT2D eigenvalue weighted by Crippen LogP contribution is 2.24. The molecule has 2 N–H and O–H groups in total. The molecule has 0 aliphatic rings. The number of aliphatic carboxylic acids is 1. The monoisotopic (exact) mass is 255 g/mol. The zero-order valence-corrected chi connectivity index (χ0v) is 10.4. The van der Waals surface area contributed by atoms with Gasteiger partial charge in [0.25, 0.3) is 0 Å². The fraction of sp³-hybridized carbons (Fsp3) is 0.250. The summed E-state index contributed by atoms with van der Waals surface area (Å²) in [6.45, 7) is 0.269. The molecule has 4 nitrogen and oxygen atoms in total. The van der Waals surface area contributed by atoms with Gasteiger partial charge in [-0.15, -0.1) is 0 Å². The maximum atomic E-state index is 11.0. The number of nitrogens with one attached hydrogen (secondary N) is 1. The first-order valence-electron chi connectivity index (χ1n) is 5.00. The Morgan fingerprint density at radius 2 is 2.29 bits per heavy atom. The van der Waals surface area contributed by atoms with E-state index in [9.17, 15) is 4.79 Å². The van der Waals surface area contributed by atoms with Gasteiger partial charge in [-0.25, -0.2) is 4.79 Å². The van der Waals surface area contributed by atoms with Crippen LogP contribution in [0.4, 0.5) is 0 Å². The highest BCUT2D eigenvalue weighted by atomic mass is 35.5. The van der Waals surface area contributed by atoms with Gasteiger partial charge in [0.15, 0.2) is 0 Å². The first-order valence-corrected chi connectivity index (χ1v) is 5.38. The van der Waals surface area contributed by atoms with Crippen molar-refractivity contribution in [2.45, 2.75) is 0 Å². The van der Waals surface area contributed by atoms with Gasteiger partial charge < -0.3 is 15.2 Å². The number of carbonyl (C=O) groups is 1. The van der Waals surface area contributed by atoms with E-state index in [1.54, 1.807) is 31.3 Å². The van der Waals surface area contributed by atoms with Crippen molar-refractivity contribution in [2.75, 3.05) is 20.7 Å². The molecule has 0 atom stereocenters. The van der Waals surface area contributed by atoms with Gasteiger partial charge in [-0.3, -0.25) is 0 Å². The Morgan fingerprint density at radius 1 is 1.59 bits per heavy atom. The molecule has 0 aliphatic carbocycles. The van der Waals surface area contributed by atoms with E-state index in [1.165, 1.54) is 7.11 Å². The topological polar surface area (TPSA) is 58.6 Å². The summed E-state index contributed by atoms with van der Waals surface area (Å²) in [5, 5.41) is 12.3. The highest BCUT2D eigenvalue weighted by Gasteiger charge is 2.08. The molecule has 17 heavy (non-hydrogen) atoms. The van der Waals surface area contributed by atoms with Crippen LogP contribution in [-0.4, -0.2) is 31.8 Å². The molecular formula is C12H14ClNO3. The van der Waals surface area contributed by atoms with Crippen molar-refractivity contribution >= 4 is 23.6 Å². The molecule has 0 aliphatic heterocycles. The number of hydrogen-bond donors (Lipinski definition) is 2. The summed E-state index contributed by atoms with van der Waals surface area (Å²) in [4.78, 5) is 11.0. The molecule has 5 heteroatoms. The van der Waals surface area contributed by atoms with E-state index in [1.807, 2.05) is 0 Å². The summed E-state index contributed by atoms with van der Waals surface area (Å²) in [7, 11) is 3.21. The third-order valence-corrected chi connectivity index (χ3v) is 2.40. The van der Waals surface area contributed by atoms with Crippen LogP contribution >= 0.6 is 11.6 Å². The number of methoxy groups -OCH3 is 1. The maximum Gasteiger partial charge on any atom is 0.332 e. The third-order valence-electron chi connectivity index (χ3n) is 2.16. The van der Waals surface area contributed by atoms with Crippen molar-refractivity contribution in [2.24, 2.45) is 0 Å². The van der Waals surface area contributed by atoms with Crippen molar-refractivity contribution in [1.82, 2.24) is 5.32 Å². The molecule has 0 saturated carbocycles. The first-order chi connectivity index (χ1) is 8.08. The predicted octanol–water partition coefficient (Wildman–Crippen LogP) is 2.04. The lowest BCUT2D eigenvalue weighted by Crippen LogP contribution is -2.16. The van der Waals surface area contributed by atoms with Crippen molar-refractivity contribution in [3.8, 4) is 5.75 Å². The maximum absolute atomic E-state index is 11.0. The molecule has 1 rings (SSSR count). The molecule has 0 fully saturated rings. The Labute approximate surface area is 105 Å². The zero-order valence-electron chi connectivity index (χ0n) is 9.66. The van der Waals surface area contributed by atoms with E-state index in [-0.39, 0.29) is 12.1 Å². The lowest BCUT2D eigenvalue weighted by molar-refractivity contribution is -0.132. The lowest BCUT2D eigenvalue weighted by Gasteiger charge is -2.07. The van der Waals surface area contributed by atoms with Crippen LogP contribution in [0, 0.1) is 0 Å². The number of carboxylic acid groups (broad SMARTS) is 1. The van der Waals surface area contributed by atoms with E-state index in [2.05, 4.69) is 5.32 Å². The number of benzene rings is 1. The molecule has 0 amide bonds. The zero-order chi connectivity index (χ0) is 12.8. The predicted molar refractivity (Wildman–Crippen MR) is 67.5 cm³/mol. The molecule has 0 heterocycles. The minimum atomic E-state index is -0.971. The van der Waals surface area contributed by atoms with Crippen molar-refractivity contribution < 1.29 is 14.6 Å². The van der Waals surface area contributed by atoms with Gasteiger partial charge in [-0.1, -0.05) is 11.6 Å². The molecular weight excluding hydrogens is 242 g/mol. The number of likely N-dealkylation sites (N-methyl/N-ethyl adjacent to an activating group) is 1. The van der Waals surface area contributed by atoms with E-state index in [0.29, 0.717) is 16.3 Å². The normalized spacial score (nSPS) is 11.4. The van der Waals surface area contributed by atoms with E-state index in [4.69, 9.17) is 21.4 Å². The first kappa shape index (κ1) is 13.5. The SMILES string of the molecule is CNC/C(=C\c1cc(Cl)ccc1OC)C(=O)O. The molecule has 0 spiro atoms. The smallest absolute Gasteiger partial charge is 0.332 e. The standard InChI is InChI=1S/C12H14ClNO3/c1-14-7-9(12(15)16)5-8-6-10(13)3-4-11(8)17-2/h3-6,14H,7H2,1-2H3,(H,15,16)/b9-5+. The molecule has 0 unspecified atom stereocenters. The Hall–Kier alpha value is -1.52. The Balaban J connectivity index is 3.17. The Morgan fingerprint density at radius 3 is 2.82 bits per heavy atom. The van der Waals surface area contributed by atoms with Gasteiger partial charge in [0.1, 0.15) is 5.75 Å². The quantitative estimate of drug-likeness (QED) is 0.791. The van der Waals surface area contributed by atoms with Crippen molar-refractivity contribution in [1.29, 1.82) is 0 Å². The summed E-state index contributed by atoms with van der Waals surface area (Å²) >= 11 is 5.87. The van der Waals surface area contributed by atoms with Gasteiger partial charge in [-0.05, 0) is 31.3 Å². The van der Waals surface area contributed by atoms with Crippen LogP contribution in [0.2, 0.25) is 5.02 Å². The van der Waals surface area contributed by atoms with Crippen LogP contribution in [0.15, 0.2) is 23.8 Å². The second-order valence-corrected chi connectivity index (χ2v) is 3.83. The van der Waals surface area contributed by atoms with Crippen LogP contribution in [0.3, 0.4) is 0 Å². The lowest BCUT2D eigenvalue weighted by atomic mass is 10.1. The fourth-order valence-corrected chi connectivity index (χ4v) is 1.57. The number of halogens is 1. The summed E-state index contributed by atoms with van der Waals surface area (Å²) in [6, 6.07) is 5.06. The van der Waals surface area contributed by atoms with E-state index in [0.717, 1.165) is 0 Å². The summed E-state index contributed by atoms with van der Waals surface area (Å²) < 4.78 is 5.14. The number of carboxylic acids is 1. The van der Waals surface area contributed by atoms with Gasteiger partial charge in [0.05, 0.1) is 12.7 Å². The van der Waals surface area contributed by atoms with Gasteiger partial charge >= 0.3 is 5.97 Å². The molecule has 92 valence electrons. The molecule has 0 aromatic heterocycles. The Kier molecular flexibility index (Phi) is 5.00. The molecule has 1 aromatic carbocycles. The van der Waals surface area contributed by atoms with Crippen LogP contribution in [0.1, 0.15) is 5.56 Å². The van der Waals surface area contributed by atoms with Gasteiger partial charge in [0, 0.05) is 17.1 Å². The molecule has 0 saturated heterocycles. The molecule has 1 aromatic rings. The second-order valence-electron chi connectivity index (χ2n) is 3.39.